The van der Waals surface area contributed by atoms with Crippen molar-refractivity contribution in [2.45, 2.75) is 6.92 Å². The van der Waals surface area contributed by atoms with Crippen LogP contribution in [0, 0.1) is 12.7 Å². The number of anilines is 2. The first-order valence-electron chi connectivity index (χ1n) is 6.27. The van der Waals surface area contributed by atoms with Gasteiger partial charge in [-0.3, -0.25) is 9.78 Å². The van der Waals surface area contributed by atoms with Crippen LogP contribution in [0.2, 0.25) is 0 Å². The molecular weight excluding hydrogens is 289 g/mol. The van der Waals surface area contributed by atoms with Crippen LogP contribution in [-0.2, 0) is 0 Å². The van der Waals surface area contributed by atoms with Gasteiger partial charge in [-0.2, -0.15) is 0 Å². The van der Waals surface area contributed by atoms with Gasteiger partial charge in [-0.1, -0.05) is 6.07 Å². The molecule has 0 aliphatic heterocycles. The van der Waals surface area contributed by atoms with Crippen LogP contribution in [0.15, 0.2) is 36.5 Å². The number of nitrogens with one attached hydrogen (secondary N) is 1. The molecule has 0 radical (unpaired) electrons. The summed E-state index contributed by atoms with van der Waals surface area (Å²) in [7, 11) is 0. The lowest BCUT2D eigenvalue weighted by molar-refractivity contribution is 0.103. The topological polar surface area (TPSA) is 68.0 Å². The predicted octanol–water partition coefficient (Wildman–Crippen LogP) is 3.58. The van der Waals surface area contributed by atoms with Crippen LogP contribution in [-0.4, -0.2) is 10.9 Å². The lowest BCUT2D eigenvalue weighted by atomic mass is 10.2. The zero-order valence-corrected chi connectivity index (χ0v) is 12.0. The van der Waals surface area contributed by atoms with Crippen molar-refractivity contribution in [2.24, 2.45) is 0 Å². The maximum absolute atomic E-state index is 13.8. The Labute approximate surface area is 124 Å². The van der Waals surface area contributed by atoms with Gasteiger partial charge in [0.25, 0.3) is 5.91 Å². The second-order valence-corrected chi connectivity index (χ2v) is 5.68. The summed E-state index contributed by atoms with van der Waals surface area (Å²) in [5.74, 6) is -0.903. The number of rotatable bonds is 2. The molecule has 1 amide bonds. The second-order valence-electron chi connectivity index (χ2n) is 4.63. The van der Waals surface area contributed by atoms with E-state index in [1.54, 1.807) is 25.3 Å². The van der Waals surface area contributed by atoms with Crippen LogP contribution >= 0.6 is 11.3 Å². The van der Waals surface area contributed by atoms with Crippen molar-refractivity contribution in [3.05, 3.63) is 52.8 Å². The Morgan fingerprint density at radius 1 is 1.38 bits per heavy atom. The Bertz CT molecular complexity index is 844. The number of amides is 1. The van der Waals surface area contributed by atoms with Crippen molar-refractivity contribution in [1.29, 1.82) is 0 Å². The summed E-state index contributed by atoms with van der Waals surface area (Å²) in [6, 6.07) is 8.25. The van der Waals surface area contributed by atoms with E-state index in [1.165, 1.54) is 23.5 Å². The summed E-state index contributed by atoms with van der Waals surface area (Å²) in [6.07, 6.45) is 1.62. The molecule has 21 heavy (non-hydrogen) atoms. The molecule has 2 aromatic heterocycles. The summed E-state index contributed by atoms with van der Waals surface area (Å²) < 4.78 is 14.6. The monoisotopic (exact) mass is 301 g/mol. The molecular formula is C15H12FN3OS. The number of nitrogen functional groups attached to an aromatic ring is 1. The average molecular weight is 301 g/mol. The quantitative estimate of drug-likeness (QED) is 0.760. The van der Waals surface area contributed by atoms with E-state index in [0.29, 0.717) is 16.1 Å². The molecule has 2 heterocycles. The minimum atomic E-state index is -0.471. The third-order valence-corrected chi connectivity index (χ3v) is 4.22. The second kappa shape index (κ2) is 5.14. The number of nitrogens with zero attached hydrogens (tertiary/aromatic N) is 1. The minimum absolute atomic E-state index is 0.135. The number of benzene rings is 1. The lowest BCUT2D eigenvalue weighted by Gasteiger charge is -2.06. The van der Waals surface area contributed by atoms with Gasteiger partial charge in [0.05, 0.1) is 16.1 Å². The summed E-state index contributed by atoms with van der Waals surface area (Å²) in [4.78, 5) is 16.8. The minimum Gasteiger partial charge on any atom is -0.396 e. The molecule has 0 aliphatic carbocycles. The number of carbonyl (C=O) groups excluding carboxylic acids is 1. The molecule has 0 saturated heterocycles. The van der Waals surface area contributed by atoms with Crippen molar-refractivity contribution >= 4 is 38.8 Å². The number of carbonyl (C=O) groups is 1. The number of hydrogen-bond donors (Lipinski definition) is 2. The van der Waals surface area contributed by atoms with E-state index in [4.69, 9.17) is 5.73 Å². The zero-order valence-electron chi connectivity index (χ0n) is 11.2. The van der Waals surface area contributed by atoms with Crippen LogP contribution in [0.4, 0.5) is 15.8 Å². The number of fused-ring (bicyclic) bond motifs is 1. The van der Waals surface area contributed by atoms with Gasteiger partial charge in [0.15, 0.2) is 0 Å². The number of aryl methyl sites for hydroxylation is 1. The highest BCUT2D eigenvalue weighted by Gasteiger charge is 2.18. The molecule has 6 heteroatoms. The number of aromatic nitrogens is 1. The van der Waals surface area contributed by atoms with E-state index >= 15 is 0 Å². The van der Waals surface area contributed by atoms with Crippen LogP contribution in [0.3, 0.4) is 0 Å². The largest absolute Gasteiger partial charge is 0.396 e. The number of pyridine rings is 1. The molecule has 0 spiro atoms. The maximum Gasteiger partial charge on any atom is 0.268 e. The Morgan fingerprint density at radius 3 is 2.90 bits per heavy atom. The van der Waals surface area contributed by atoms with Crippen LogP contribution in [0.1, 0.15) is 15.2 Å². The van der Waals surface area contributed by atoms with E-state index in [0.717, 1.165) is 10.3 Å². The molecule has 0 atom stereocenters. The van der Waals surface area contributed by atoms with Crippen molar-refractivity contribution in [2.75, 3.05) is 11.1 Å². The maximum atomic E-state index is 13.8. The molecule has 0 saturated carbocycles. The highest BCUT2D eigenvalue weighted by Crippen LogP contribution is 2.32. The first-order chi connectivity index (χ1) is 10.1. The van der Waals surface area contributed by atoms with Gasteiger partial charge in [0, 0.05) is 6.20 Å². The normalized spacial score (nSPS) is 10.8. The van der Waals surface area contributed by atoms with E-state index in [1.807, 2.05) is 6.07 Å². The third-order valence-electron chi connectivity index (χ3n) is 3.06. The Morgan fingerprint density at radius 2 is 2.19 bits per heavy atom. The van der Waals surface area contributed by atoms with Gasteiger partial charge in [-0.25, -0.2) is 4.39 Å². The van der Waals surface area contributed by atoms with Crippen LogP contribution in [0.25, 0.3) is 10.2 Å². The summed E-state index contributed by atoms with van der Waals surface area (Å²) >= 11 is 1.24. The van der Waals surface area contributed by atoms with E-state index in [-0.39, 0.29) is 5.69 Å². The fourth-order valence-corrected chi connectivity index (χ4v) is 2.99. The predicted molar refractivity (Wildman–Crippen MR) is 83.1 cm³/mol. The third kappa shape index (κ3) is 2.45. The zero-order chi connectivity index (χ0) is 15.0. The molecule has 0 bridgehead atoms. The van der Waals surface area contributed by atoms with Crippen molar-refractivity contribution in [3.63, 3.8) is 0 Å². The van der Waals surface area contributed by atoms with Gasteiger partial charge in [0.1, 0.15) is 16.2 Å². The van der Waals surface area contributed by atoms with Gasteiger partial charge in [0.2, 0.25) is 0 Å². The molecule has 0 unspecified atom stereocenters. The molecule has 0 aliphatic rings. The first kappa shape index (κ1) is 13.5. The number of hydrogen-bond acceptors (Lipinski definition) is 4. The smallest absolute Gasteiger partial charge is 0.268 e. The highest BCUT2D eigenvalue weighted by molar-refractivity contribution is 7.21. The van der Waals surface area contributed by atoms with E-state index in [9.17, 15) is 9.18 Å². The van der Waals surface area contributed by atoms with Crippen molar-refractivity contribution < 1.29 is 9.18 Å². The standard InChI is InChI=1S/C15H12FN3OS/c1-8-4-5-10(9(16)7-8)19-15(20)14-12(17)13-11(21-14)3-2-6-18-13/h2-7H,17H2,1H3,(H,19,20). The summed E-state index contributed by atoms with van der Waals surface area (Å²) in [5, 5.41) is 2.54. The number of halogens is 1. The Balaban J connectivity index is 1.95. The van der Waals surface area contributed by atoms with Crippen LogP contribution < -0.4 is 11.1 Å². The number of nitrogens with two attached hydrogens (primary N) is 1. The molecule has 3 aromatic rings. The van der Waals surface area contributed by atoms with Crippen molar-refractivity contribution in [3.8, 4) is 0 Å². The Kier molecular flexibility index (Phi) is 3.31. The van der Waals surface area contributed by atoms with Gasteiger partial charge >= 0.3 is 0 Å². The van der Waals surface area contributed by atoms with Crippen molar-refractivity contribution in [1.82, 2.24) is 4.98 Å². The fourth-order valence-electron chi connectivity index (χ4n) is 2.02. The van der Waals surface area contributed by atoms with Gasteiger partial charge in [-0.15, -0.1) is 11.3 Å². The average Bonchev–Trinajstić information content (AvgIpc) is 2.80. The Hall–Kier alpha value is -2.47. The highest BCUT2D eigenvalue weighted by atomic mass is 32.1. The van der Waals surface area contributed by atoms with E-state index < -0.39 is 11.7 Å². The molecule has 106 valence electrons. The van der Waals surface area contributed by atoms with Crippen LogP contribution in [0.5, 0.6) is 0 Å². The van der Waals surface area contributed by atoms with Gasteiger partial charge in [-0.05, 0) is 36.8 Å². The molecule has 3 rings (SSSR count). The SMILES string of the molecule is Cc1ccc(NC(=O)c2sc3cccnc3c2N)c(F)c1. The molecule has 4 nitrogen and oxygen atoms in total. The molecule has 3 N–H and O–H groups in total. The lowest BCUT2D eigenvalue weighted by Crippen LogP contribution is -2.13. The fraction of sp³-hybridized carbons (Fsp3) is 0.0667. The number of thiophene rings is 1. The van der Waals surface area contributed by atoms with Gasteiger partial charge < -0.3 is 11.1 Å². The summed E-state index contributed by atoms with van der Waals surface area (Å²) in [6.45, 7) is 1.78. The molecule has 0 fully saturated rings. The summed E-state index contributed by atoms with van der Waals surface area (Å²) in [5.41, 5.74) is 7.79. The molecule has 1 aromatic carbocycles. The van der Waals surface area contributed by atoms with E-state index in [2.05, 4.69) is 10.3 Å². The first-order valence-corrected chi connectivity index (χ1v) is 7.08.